The van der Waals surface area contributed by atoms with Crippen molar-refractivity contribution in [3.8, 4) is 0 Å². The van der Waals surface area contributed by atoms with E-state index in [-0.39, 0.29) is 28.0 Å². The highest BCUT2D eigenvalue weighted by Gasteiger charge is 2.46. The SMILES string of the molecule is CC(C)(C)[Si](C)(C)OC[C@H]1O[C@@H](n2ccc(NCc3ccc4ccccc4n3)nc2=O)C[C@@H]1O[Si](C)(C)C(C)(C)C. The largest absolute Gasteiger partial charge is 0.414 e. The van der Waals surface area contributed by atoms with Crippen LogP contribution in [0.2, 0.25) is 36.3 Å². The lowest BCUT2D eigenvalue weighted by atomic mass is 10.2. The first-order valence-corrected chi connectivity index (χ1v) is 20.4. The fourth-order valence-corrected chi connectivity index (χ4v) is 6.70. The molecule has 1 fully saturated rings. The lowest BCUT2D eigenvalue weighted by Gasteiger charge is -2.40. The van der Waals surface area contributed by atoms with Gasteiger partial charge in [0.05, 0.1) is 30.5 Å². The molecule has 1 saturated heterocycles. The van der Waals surface area contributed by atoms with E-state index >= 15 is 0 Å². The van der Waals surface area contributed by atoms with Crippen LogP contribution >= 0.6 is 0 Å². The van der Waals surface area contributed by atoms with Crippen molar-refractivity contribution in [1.29, 1.82) is 0 Å². The molecule has 0 saturated carbocycles. The van der Waals surface area contributed by atoms with Gasteiger partial charge in [-0.05, 0) is 54.5 Å². The van der Waals surface area contributed by atoms with Crippen molar-refractivity contribution >= 4 is 33.4 Å². The lowest BCUT2D eigenvalue weighted by Crippen LogP contribution is -2.48. The minimum Gasteiger partial charge on any atom is -0.414 e. The van der Waals surface area contributed by atoms with Crippen LogP contribution in [0.25, 0.3) is 10.9 Å². The van der Waals surface area contributed by atoms with Gasteiger partial charge in [0.15, 0.2) is 16.6 Å². The standard InChI is InChI=1S/C31H48N4O4Si2/c1-30(2,3)40(7,8)37-21-26-25(39-41(9,10)31(4,5)6)19-28(38-26)35-18-17-27(34-29(35)36)32-20-23-16-15-22-13-11-12-14-24(22)33-23/h11-18,25-26,28H,19-21H2,1-10H3,(H,32,34,36)/t25-,26+,28+/m0/s1. The molecule has 1 N–H and O–H groups in total. The summed E-state index contributed by atoms with van der Waals surface area (Å²) in [6.07, 6.45) is 1.46. The predicted molar refractivity (Wildman–Crippen MR) is 171 cm³/mol. The van der Waals surface area contributed by atoms with Gasteiger partial charge in [0.25, 0.3) is 0 Å². The average Bonchev–Trinajstić information content (AvgIpc) is 3.26. The first-order valence-electron chi connectivity index (χ1n) is 14.6. The maximum absolute atomic E-state index is 13.2. The van der Waals surface area contributed by atoms with E-state index < -0.39 is 22.9 Å². The molecule has 1 aliphatic rings. The number of anilines is 1. The highest BCUT2D eigenvalue weighted by molar-refractivity contribution is 6.74. The van der Waals surface area contributed by atoms with Crippen LogP contribution < -0.4 is 11.0 Å². The third-order valence-electron chi connectivity index (χ3n) is 9.09. The number of hydrogen-bond acceptors (Lipinski definition) is 7. The van der Waals surface area contributed by atoms with E-state index in [1.165, 1.54) is 0 Å². The van der Waals surface area contributed by atoms with E-state index in [2.05, 4.69) is 84.1 Å². The van der Waals surface area contributed by atoms with Crippen LogP contribution in [-0.4, -0.2) is 50.0 Å². The minimum atomic E-state index is -2.08. The Balaban J connectivity index is 1.48. The third kappa shape index (κ3) is 7.35. The van der Waals surface area contributed by atoms with Crippen molar-refractivity contribution in [3.05, 3.63) is 64.8 Å². The van der Waals surface area contributed by atoms with E-state index in [0.29, 0.717) is 25.4 Å². The van der Waals surface area contributed by atoms with Gasteiger partial charge in [-0.15, -0.1) is 0 Å². The summed E-state index contributed by atoms with van der Waals surface area (Å²) in [5.41, 5.74) is 1.46. The number of ether oxygens (including phenoxy) is 1. The van der Waals surface area contributed by atoms with E-state index in [4.69, 9.17) is 18.6 Å². The molecule has 0 aliphatic carbocycles. The summed E-state index contributed by atoms with van der Waals surface area (Å²) in [5, 5.41) is 4.48. The molecule has 2 aromatic heterocycles. The number of fused-ring (bicyclic) bond motifs is 1. The van der Waals surface area contributed by atoms with Crippen LogP contribution in [0.1, 0.15) is 59.9 Å². The van der Waals surface area contributed by atoms with E-state index in [0.717, 1.165) is 16.6 Å². The van der Waals surface area contributed by atoms with Crippen LogP contribution in [0.5, 0.6) is 0 Å². The van der Waals surface area contributed by atoms with Crippen molar-refractivity contribution in [3.63, 3.8) is 0 Å². The van der Waals surface area contributed by atoms with Gasteiger partial charge in [-0.1, -0.05) is 65.8 Å². The number of nitrogens with zero attached hydrogens (tertiary/aromatic N) is 3. The minimum absolute atomic E-state index is 0.0571. The summed E-state index contributed by atoms with van der Waals surface area (Å²) < 4.78 is 21.5. The normalized spacial score (nSPS) is 20.5. The van der Waals surface area contributed by atoms with Crippen LogP contribution in [-0.2, 0) is 20.1 Å². The Morgan fingerprint density at radius 2 is 1.63 bits per heavy atom. The number of benzene rings is 1. The van der Waals surface area contributed by atoms with Crippen molar-refractivity contribution in [2.24, 2.45) is 0 Å². The summed E-state index contributed by atoms with van der Waals surface area (Å²) in [5.74, 6) is 0.506. The van der Waals surface area contributed by atoms with Crippen LogP contribution in [0.4, 0.5) is 5.82 Å². The summed E-state index contributed by atoms with van der Waals surface area (Å²) in [7, 11) is -4.07. The van der Waals surface area contributed by atoms with Crippen molar-refractivity contribution in [1.82, 2.24) is 14.5 Å². The van der Waals surface area contributed by atoms with Gasteiger partial charge in [0.1, 0.15) is 18.1 Å². The molecule has 1 aliphatic heterocycles. The molecule has 0 bridgehead atoms. The molecule has 0 radical (unpaired) electrons. The second-order valence-corrected chi connectivity index (χ2v) is 23.8. The van der Waals surface area contributed by atoms with Crippen LogP contribution in [0.15, 0.2) is 53.5 Å². The van der Waals surface area contributed by atoms with Gasteiger partial charge >= 0.3 is 5.69 Å². The Morgan fingerprint density at radius 1 is 0.951 bits per heavy atom. The summed E-state index contributed by atoms with van der Waals surface area (Å²) in [6, 6.07) is 13.9. The van der Waals surface area contributed by atoms with Gasteiger partial charge in [-0.3, -0.25) is 9.55 Å². The smallest absolute Gasteiger partial charge is 0.351 e. The maximum Gasteiger partial charge on any atom is 0.351 e. The van der Waals surface area contributed by atoms with Gasteiger partial charge in [0, 0.05) is 18.0 Å². The van der Waals surface area contributed by atoms with Crippen molar-refractivity contribution in [2.75, 3.05) is 11.9 Å². The number of pyridine rings is 1. The maximum atomic E-state index is 13.2. The Hall–Kier alpha value is -2.38. The molecule has 1 aromatic carbocycles. The second kappa shape index (κ2) is 11.7. The van der Waals surface area contributed by atoms with E-state index in [1.54, 1.807) is 10.8 Å². The molecule has 8 nitrogen and oxygen atoms in total. The quantitative estimate of drug-likeness (QED) is 0.264. The van der Waals surface area contributed by atoms with Gasteiger partial charge in [-0.2, -0.15) is 4.98 Å². The zero-order valence-corrected chi connectivity index (χ0v) is 28.4. The average molecular weight is 597 g/mol. The fourth-order valence-electron chi connectivity index (χ4n) is 4.33. The topological polar surface area (TPSA) is 87.5 Å². The molecule has 224 valence electrons. The van der Waals surface area contributed by atoms with Gasteiger partial charge in [0.2, 0.25) is 0 Å². The zero-order valence-electron chi connectivity index (χ0n) is 26.4. The number of aromatic nitrogens is 3. The van der Waals surface area contributed by atoms with Crippen molar-refractivity contribution < 1.29 is 13.6 Å². The number of nitrogens with one attached hydrogen (secondary N) is 1. The predicted octanol–water partition coefficient (Wildman–Crippen LogP) is 7.10. The Morgan fingerprint density at radius 3 is 2.29 bits per heavy atom. The third-order valence-corrected chi connectivity index (χ3v) is 18.1. The molecule has 0 spiro atoms. The van der Waals surface area contributed by atoms with Crippen LogP contribution in [0.3, 0.4) is 0 Å². The molecule has 3 aromatic rings. The van der Waals surface area contributed by atoms with Crippen molar-refractivity contribution in [2.45, 2.75) is 109 Å². The molecule has 10 heteroatoms. The van der Waals surface area contributed by atoms with Gasteiger partial charge < -0.3 is 18.9 Å². The Kier molecular flexibility index (Phi) is 9.02. The number of hydrogen-bond donors (Lipinski definition) is 1. The summed E-state index contributed by atoms with van der Waals surface area (Å²) >= 11 is 0. The Labute approximate surface area is 247 Å². The molecule has 0 amide bonds. The molecule has 41 heavy (non-hydrogen) atoms. The molecular weight excluding hydrogens is 549 g/mol. The zero-order chi connectivity index (χ0) is 30.2. The number of para-hydroxylation sites is 1. The monoisotopic (exact) mass is 596 g/mol. The molecule has 0 unspecified atom stereocenters. The first-order chi connectivity index (χ1) is 19.0. The van der Waals surface area contributed by atoms with Crippen LogP contribution in [0, 0.1) is 0 Å². The molecular formula is C31H48N4O4Si2. The molecule has 3 heterocycles. The van der Waals surface area contributed by atoms with E-state index in [9.17, 15) is 4.79 Å². The van der Waals surface area contributed by atoms with Gasteiger partial charge in [-0.25, -0.2) is 4.79 Å². The second-order valence-electron chi connectivity index (χ2n) is 14.2. The van der Waals surface area contributed by atoms with E-state index in [1.807, 2.05) is 36.4 Å². The summed E-state index contributed by atoms with van der Waals surface area (Å²) in [4.78, 5) is 22.2. The fraction of sp³-hybridized carbons (Fsp3) is 0.581. The summed E-state index contributed by atoms with van der Waals surface area (Å²) in [6.45, 7) is 23.3. The first kappa shape index (κ1) is 31.6. The number of rotatable bonds is 9. The lowest BCUT2D eigenvalue weighted by molar-refractivity contribution is -0.0411. The molecule has 4 rings (SSSR count). The molecule has 3 atom stereocenters. The highest BCUT2D eigenvalue weighted by atomic mass is 28.4. The Bertz CT molecular complexity index is 1410. The highest BCUT2D eigenvalue weighted by Crippen LogP contribution is 2.42.